The highest BCUT2D eigenvalue weighted by molar-refractivity contribution is 14.0. The van der Waals surface area contributed by atoms with Crippen molar-refractivity contribution in [2.45, 2.75) is 39.7 Å². The van der Waals surface area contributed by atoms with Crippen LogP contribution in [0.3, 0.4) is 0 Å². The quantitative estimate of drug-likeness (QED) is 0.249. The minimum absolute atomic E-state index is 0. The van der Waals surface area contributed by atoms with Gasteiger partial charge in [0.15, 0.2) is 5.96 Å². The Morgan fingerprint density at radius 1 is 1.23 bits per heavy atom. The number of carbonyl (C=O) groups is 1. The van der Waals surface area contributed by atoms with Gasteiger partial charge in [0, 0.05) is 39.7 Å². The summed E-state index contributed by atoms with van der Waals surface area (Å²) in [4.78, 5) is 15.6. The molecule has 22 heavy (non-hydrogen) atoms. The molecule has 6 nitrogen and oxygen atoms in total. The average molecular weight is 426 g/mol. The number of hydrogen-bond donors (Lipinski definition) is 3. The number of methoxy groups -OCH3 is 1. The van der Waals surface area contributed by atoms with Gasteiger partial charge in [0.25, 0.3) is 0 Å². The molecule has 0 spiro atoms. The van der Waals surface area contributed by atoms with Gasteiger partial charge in [-0.15, -0.1) is 24.0 Å². The number of rotatable bonds is 7. The third kappa shape index (κ3) is 8.17. The first kappa shape index (κ1) is 21.4. The van der Waals surface area contributed by atoms with Gasteiger partial charge in [-0.2, -0.15) is 0 Å². The van der Waals surface area contributed by atoms with Gasteiger partial charge < -0.3 is 20.7 Å². The van der Waals surface area contributed by atoms with Gasteiger partial charge in [0.05, 0.1) is 6.10 Å². The molecular weight excluding hydrogens is 395 g/mol. The fourth-order valence-corrected chi connectivity index (χ4v) is 2.01. The summed E-state index contributed by atoms with van der Waals surface area (Å²) in [6.45, 7) is 8.40. The minimum atomic E-state index is 0. The van der Waals surface area contributed by atoms with Gasteiger partial charge in [-0.1, -0.05) is 20.8 Å². The van der Waals surface area contributed by atoms with Gasteiger partial charge in [0.2, 0.25) is 5.91 Å². The molecule has 1 rings (SSSR count). The van der Waals surface area contributed by atoms with Gasteiger partial charge in [-0.25, -0.2) is 0 Å². The number of nitrogens with zero attached hydrogens (tertiary/aromatic N) is 1. The zero-order valence-corrected chi connectivity index (χ0v) is 16.7. The molecule has 1 aliphatic rings. The number of nitrogens with one attached hydrogen (secondary N) is 3. The second-order valence-corrected chi connectivity index (χ2v) is 6.54. The maximum absolute atomic E-state index is 11.5. The Morgan fingerprint density at radius 3 is 2.27 bits per heavy atom. The molecule has 3 N–H and O–H groups in total. The Labute approximate surface area is 151 Å². The van der Waals surface area contributed by atoms with Crippen molar-refractivity contribution in [3.8, 4) is 0 Å². The maximum Gasteiger partial charge on any atom is 0.223 e. The van der Waals surface area contributed by atoms with Crippen LogP contribution in [0.4, 0.5) is 0 Å². The first-order chi connectivity index (χ1) is 9.88. The Hall–Kier alpha value is -0.570. The molecule has 1 amide bonds. The van der Waals surface area contributed by atoms with E-state index >= 15 is 0 Å². The summed E-state index contributed by atoms with van der Waals surface area (Å²) in [6, 6.07) is 0. The topological polar surface area (TPSA) is 74.8 Å². The highest BCUT2D eigenvalue weighted by atomic mass is 127. The van der Waals surface area contributed by atoms with Crippen LogP contribution in [-0.2, 0) is 9.53 Å². The summed E-state index contributed by atoms with van der Waals surface area (Å²) >= 11 is 0. The SMILES string of the molecule is CN=C(NCCNC(=O)C1CC1)NCC(OC)C(C)(C)C.I. The zero-order valence-electron chi connectivity index (χ0n) is 14.4. The van der Waals surface area contributed by atoms with E-state index in [4.69, 9.17) is 4.74 Å². The second-order valence-electron chi connectivity index (χ2n) is 6.54. The molecule has 0 heterocycles. The molecule has 0 aromatic rings. The molecule has 1 fully saturated rings. The number of hydrogen-bond acceptors (Lipinski definition) is 3. The highest BCUT2D eigenvalue weighted by Gasteiger charge is 2.29. The van der Waals surface area contributed by atoms with Crippen molar-refractivity contribution < 1.29 is 9.53 Å². The molecule has 130 valence electrons. The molecule has 1 aliphatic carbocycles. The molecule has 7 heteroatoms. The Kier molecular flexibility index (Phi) is 9.99. The Balaban J connectivity index is 0.00000441. The van der Waals surface area contributed by atoms with E-state index in [1.165, 1.54) is 0 Å². The van der Waals surface area contributed by atoms with E-state index in [-0.39, 0.29) is 47.3 Å². The van der Waals surface area contributed by atoms with Gasteiger partial charge in [0.1, 0.15) is 0 Å². The van der Waals surface area contributed by atoms with Gasteiger partial charge >= 0.3 is 0 Å². The fraction of sp³-hybridized carbons (Fsp3) is 0.867. The number of amides is 1. The van der Waals surface area contributed by atoms with Crippen molar-refractivity contribution in [3.63, 3.8) is 0 Å². The number of guanidine groups is 1. The molecule has 0 saturated heterocycles. The lowest BCUT2D eigenvalue weighted by Gasteiger charge is -2.30. The fourth-order valence-electron chi connectivity index (χ4n) is 2.01. The van der Waals surface area contributed by atoms with Crippen LogP contribution in [0.2, 0.25) is 0 Å². The summed E-state index contributed by atoms with van der Waals surface area (Å²) in [5.74, 6) is 1.16. The molecule has 0 radical (unpaired) electrons. The molecule has 1 saturated carbocycles. The van der Waals surface area contributed by atoms with Crippen LogP contribution in [0.15, 0.2) is 4.99 Å². The van der Waals surface area contributed by atoms with E-state index in [2.05, 4.69) is 41.7 Å². The Morgan fingerprint density at radius 2 is 1.82 bits per heavy atom. The lowest BCUT2D eigenvalue weighted by Crippen LogP contribution is -2.46. The van der Waals surface area contributed by atoms with E-state index < -0.39 is 0 Å². The van der Waals surface area contributed by atoms with Crippen molar-refractivity contribution >= 4 is 35.8 Å². The summed E-state index contributed by atoms with van der Waals surface area (Å²) in [5.41, 5.74) is 0.0683. The van der Waals surface area contributed by atoms with E-state index in [1.807, 2.05) is 0 Å². The normalized spacial score (nSPS) is 16.5. The largest absolute Gasteiger partial charge is 0.379 e. The van der Waals surface area contributed by atoms with Crippen molar-refractivity contribution in [2.24, 2.45) is 16.3 Å². The van der Waals surface area contributed by atoms with E-state index in [0.29, 0.717) is 19.6 Å². The van der Waals surface area contributed by atoms with Crippen molar-refractivity contribution in [1.29, 1.82) is 0 Å². The van der Waals surface area contributed by atoms with Crippen LogP contribution in [0.25, 0.3) is 0 Å². The Bertz CT molecular complexity index is 365. The third-order valence-electron chi connectivity index (χ3n) is 3.59. The predicted molar refractivity (Wildman–Crippen MR) is 101 cm³/mol. The van der Waals surface area contributed by atoms with E-state index in [9.17, 15) is 4.79 Å². The minimum Gasteiger partial charge on any atom is -0.379 e. The first-order valence-electron chi connectivity index (χ1n) is 7.63. The van der Waals surface area contributed by atoms with Crippen molar-refractivity contribution in [3.05, 3.63) is 0 Å². The number of aliphatic imine (C=N–C) groups is 1. The third-order valence-corrected chi connectivity index (χ3v) is 3.59. The standard InChI is InChI=1S/C15H30N4O2.HI/c1-15(2,3)12(21-5)10-19-14(16-4)18-9-8-17-13(20)11-6-7-11;/h11-12H,6-10H2,1-5H3,(H,17,20)(H2,16,18,19);1H. The van der Waals surface area contributed by atoms with Crippen LogP contribution in [0.1, 0.15) is 33.6 Å². The van der Waals surface area contributed by atoms with Crippen LogP contribution in [0, 0.1) is 11.3 Å². The second kappa shape index (κ2) is 10.3. The molecule has 0 aliphatic heterocycles. The number of ether oxygens (including phenoxy) is 1. The number of carbonyl (C=O) groups excluding carboxylic acids is 1. The molecular formula is C15H31IN4O2. The van der Waals surface area contributed by atoms with Crippen LogP contribution >= 0.6 is 24.0 Å². The highest BCUT2D eigenvalue weighted by Crippen LogP contribution is 2.28. The van der Waals surface area contributed by atoms with Crippen LogP contribution in [-0.4, -0.2) is 51.8 Å². The van der Waals surface area contributed by atoms with Gasteiger partial charge in [-0.3, -0.25) is 9.79 Å². The monoisotopic (exact) mass is 426 g/mol. The van der Waals surface area contributed by atoms with Gasteiger partial charge in [-0.05, 0) is 18.3 Å². The predicted octanol–water partition coefficient (Wildman–Crippen LogP) is 1.36. The molecule has 0 aromatic carbocycles. The summed E-state index contributed by atoms with van der Waals surface area (Å²) in [7, 11) is 3.46. The number of halogens is 1. The molecule has 1 atom stereocenters. The summed E-state index contributed by atoms with van der Waals surface area (Å²) in [6.07, 6.45) is 2.17. The summed E-state index contributed by atoms with van der Waals surface area (Å²) in [5, 5.41) is 9.35. The van der Waals surface area contributed by atoms with E-state index in [1.54, 1.807) is 14.2 Å². The van der Waals surface area contributed by atoms with Crippen LogP contribution in [0.5, 0.6) is 0 Å². The molecule has 0 aromatic heterocycles. The smallest absolute Gasteiger partial charge is 0.223 e. The van der Waals surface area contributed by atoms with E-state index in [0.717, 1.165) is 18.8 Å². The lowest BCUT2D eigenvalue weighted by molar-refractivity contribution is -0.122. The first-order valence-corrected chi connectivity index (χ1v) is 7.63. The zero-order chi connectivity index (χ0) is 15.9. The van der Waals surface area contributed by atoms with Crippen LogP contribution < -0.4 is 16.0 Å². The molecule has 1 unspecified atom stereocenters. The lowest BCUT2D eigenvalue weighted by atomic mass is 9.89. The molecule has 0 bridgehead atoms. The maximum atomic E-state index is 11.5. The van der Waals surface area contributed by atoms with Crippen molar-refractivity contribution in [1.82, 2.24) is 16.0 Å². The summed E-state index contributed by atoms with van der Waals surface area (Å²) < 4.78 is 5.50. The average Bonchev–Trinajstić information content (AvgIpc) is 3.24. The van der Waals surface area contributed by atoms with Crippen molar-refractivity contribution in [2.75, 3.05) is 33.8 Å².